The Morgan fingerprint density at radius 3 is 2.29 bits per heavy atom. The number of carboxylic acids is 1. The zero-order chi connectivity index (χ0) is 25.1. The minimum Gasteiger partial charge on any atom is -0.480 e. The minimum atomic E-state index is -1.18. The first-order chi connectivity index (χ1) is 16.3. The van der Waals surface area contributed by atoms with Crippen LogP contribution in [0.3, 0.4) is 0 Å². The summed E-state index contributed by atoms with van der Waals surface area (Å²) in [5, 5.41) is 17.9. The quantitative estimate of drug-likeness (QED) is 0.126. The second kappa shape index (κ2) is 13.6. The Kier molecular flexibility index (Phi) is 10.8. The average Bonchev–Trinajstić information content (AvgIpc) is 3.23. The number of unbranched alkanes of at least 4 members (excludes halogenated alkanes) is 1. The van der Waals surface area contributed by atoms with Gasteiger partial charge in [0.25, 0.3) is 0 Å². The van der Waals surface area contributed by atoms with Gasteiger partial charge in [0, 0.05) is 29.3 Å². The highest BCUT2D eigenvalue weighted by Gasteiger charge is 2.29. The molecule has 0 aliphatic carbocycles. The Morgan fingerprint density at radius 1 is 0.971 bits per heavy atom. The third kappa shape index (κ3) is 7.75. The van der Waals surface area contributed by atoms with Crippen LogP contribution in [0.5, 0.6) is 0 Å². The third-order valence-corrected chi connectivity index (χ3v) is 5.68. The van der Waals surface area contributed by atoms with Gasteiger partial charge in [-0.2, -0.15) is 12.6 Å². The van der Waals surface area contributed by atoms with Crippen LogP contribution in [0.15, 0.2) is 30.5 Å². The molecule has 1 heterocycles. The number of benzene rings is 1. The summed E-state index contributed by atoms with van der Waals surface area (Å²) in [4.78, 5) is 52.3. The van der Waals surface area contributed by atoms with Crippen molar-refractivity contribution in [3.8, 4) is 0 Å². The van der Waals surface area contributed by atoms with Crippen LogP contribution in [-0.4, -0.2) is 70.7 Å². The summed E-state index contributed by atoms with van der Waals surface area (Å²) < 4.78 is 0. The number of thiol groups is 1. The molecule has 0 aliphatic rings. The van der Waals surface area contributed by atoms with Crippen molar-refractivity contribution in [2.24, 2.45) is 11.5 Å². The maximum Gasteiger partial charge on any atom is 0.326 e. The summed E-state index contributed by atoms with van der Waals surface area (Å²) in [7, 11) is 0. The smallest absolute Gasteiger partial charge is 0.326 e. The van der Waals surface area contributed by atoms with Gasteiger partial charge in [-0.3, -0.25) is 14.4 Å². The van der Waals surface area contributed by atoms with E-state index in [1.165, 1.54) is 0 Å². The van der Waals surface area contributed by atoms with Crippen LogP contribution in [0.1, 0.15) is 24.8 Å². The lowest BCUT2D eigenvalue weighted by Gasteiger charge is -2.23. The topological polar surface area (TPSA) is 192 Å². The van der Waals surface area contributed by atoms with Gasteiger partial charge in [0.1, 0.15) is 18.1 Å². The number of H-pyrrole nitrogens is 1. The molecule has 186 valence electrons. The van der Waals surface area contributed by atoms with E-state index in [2.05, 4.69) is 33.6 Å². The number of carbonyl (C=O) groups excluding carboxylic acids is 3. The second-order valence-electron chi connectivity index (χ2n) is 7.82. The number of carboxylic acid groups (broad SMARTS) is 1. The fraction of sp³-hybridized carbons (Fsp3) is 0.455. The SMILES string of the molecule is NCCCCC(NC(=O)C(CS)NC(=O)C(Cc1c[nH]c2ccccc12)NC(=O)CN)C(=O)O. The Labute approximate surface area is 202 Å². The molecule has 34 heavy (non-hydrogen) atoms. The van der Waals surface area contributed by atoms with Gasteiger partial charge in [0.15, 0.2) is 0 Å². The summed E-state index contributed by atoms with van der Waals surface area (Å²) >= 11 is 4.13. The summed E-state index contributed by atoms with van der Waals surface area (Å²) in [5.74, 6) is -3.08. The normalized spacial score (nSPS) is 13.6. The van der Waals surface area contributed by atoms with Gasteiger partial charge in [-0.15, -0.1) is 0 Å². The van der Waals surface area contributed by atoms with Crippen LogP contribution < -0.4 is 27.4 Å². The standard InChI is InChI=1S/C22H32N6O5S/c23-8-4-3-7-16(22(32)33)27-21(31)18(12-34)28-20(30)17(26-19(29)10-24)9-13-11-25-15-6-2-1-5-14(13)15/h1-2,5-6,11,16-18,25,34H,3-4,7-10,12,23-24H2,(H,26,29)(H,27,31)(H,28,30)(H,32,33). The van der Waals surface area contributed by atoms with E-state index in [0.29, 0.717) is 19.4 Å². The Bertz CT molecular complexity index is 997. The van der Waals surface area contributed by atoms with Crippen LogP contribution >= 0.6 is 12.6 Å². The molecule has 3 unspecified atom stereocenters. The van der Waals surface area contributed by atoms with E-state index >= 15 is 0 Å². The number of rotatable bonds is 14. The van der Waals surface area contributed by atoms with Crippen molar-refractivity contribution in [1.82, 2.24) is 20.9 Å². The Balaban J connectivity index is 2.12. The highest BCUT2D eigenvalue weighted by atomic mass is 32.1. The van der Waals surface area contributed by atoms with E-state index in [1.54, 1.807) is 6.20 Å². The predicted molar refractivity (Wildman–Crippen MR) is 131 cm³/mol. The molecule has 1 aromatic carbocycles. The van der Waals surface area contributed by atoms with Crippen molar-refractivity contribution in [3.05, 3.63) is 36.0 Å². The zero-order valence-corrected chi connectivity index (χ0v) is 19.6. The van der Waals surface area contributed by atoms with Gasteiger partial charge in [0.2, 0.25) is 17.7 Å². The molecule has 2 rings (SSSR count). The van der Waals surface area contributed by atoms with Crippen LogP contribution in [0.4, 0.5) is 0 Å². The van der Waals surface area contributed by atoms with E-state index in [-0.39, 0.29) is 25.1 Å². The number of aliphatic carboxylic acids is 1. The molecule has 0 fully saturated rings. The highest BCUT2D eigenvalue weighted by molar-refractivity contribution is 7.80. The van der Waals surface area contributed by atoms with Crippen molar-refractivity contribution < 1.29 is 24.3 Å². The number of aromatic amines is 1. The molecular weight excluding hydrogens is 460 g/mol. The lowest BCUT2D eigenvalue weighted by Crippen LogP contribution is -2.57. The molecule has 3 atom stereocenters. The van der Waals surface area contributed by atoms with Crippen molar-refractivity contribution >= 4 is 47.2 Å². The van der Waals surface area contributed by atoms with E-state index in [4.69, 9.17) is 11.5 Å². The van der Waals surface area contributed by atoms with Crippen molar-refractivity contribution in [2.75, 3.05) is 18.8 Å². The number of hydrogen-bond donors (Lipinski definition) is 8. The lowest BCUT2D eigenvalue weighted by molar-refractivity contribution is -0.142. The molecule has 0 saturated carbocycles. The van der Waals surface area contributed by atoms with E-state index in [1.807, 2.05) is 24.3 Å². The molecule has 0 aliphatic heterocycles. The Hall–Kier alpha value is -3.09. The van der Waals surface area contributed by atoms with Gasteiger partial charge in [0.05, 0.1) is 6.54 Å². The molecule has 11 nitrogen and oxygen atoms in total. The average molecular weight is 493 g/mol. The number of hydrogen-bond acceptors (Lipinski definition) is 7. The Morgan fingerprint density at radius 2 is 1.65 bits per heavy atom. The minimum absolute atomic E-state index is 0.0721. The second-order valence-corrected chi connectivity index (χ2v) is 8.18. The molecule has 3 amide bonds. The van der Waals surface area contributed by atoms with Crippen LogP contribution in [-0.2, 0) is 25.6 Å². The van der Waals surface area contributed by atoms with Gasteiger partial charge in [-0.25, -0.2) is 4.79 Å². The molecule has 12 heteroatoms. The number of nitrogens with two attached hydrogens (primary N) is 2. The first-order valence-electron chi connectivity index (χ1n) is 11.0. The summed E-state index contributed by atoms with van der Waals surface area (Å²) in [5.41, 5.74) is 12.5. The van der Waals surface area contributed by atoms with E-state index < -0.39 is 41.8 Å². The molecule has 0 bridgehead atoms. The molecule has 0 spiro atoms. The van der Waals surface area contributed by atoms with Crippen molar-refractivity contribution in [3.63, 3.8) is 0 Å². The molecular formula is C22H32N6O5S. The maximum absolute atomic E-state index is 13.0. The van der Waals surface area contributed by atoms with E-state index in [0.717, 1.165) is 16.5 Å². The monoisotopic (exact) mass is 492 g/mol. The zero-order valence-electron chi connectivity index (χ0n) is 18.8. The molecule has 0 saturated heterocycles. The molecule has 1 aromatic heterocycles. The maximum atomic E-state index is 13.0. The van der Waals surface area contributed by atoms with Gasteiger partial charge < -0.3 is 37.5 Å². The first-order valence-corrected chi connectivity index (χ1v) is 11.6. The number of carbonyl (C=O) groups is 4. The van der Waals surface area contributed by atoms with Crippen molar-refractivity contribution in [2.45, 2.75) is 43.8 Å². The van der Waals surface area contributed by atoms with Gasteiger partial charge in [-0.05, 0) is 37.4 Å². The van der Waals surface area contributed by atoms with E-state index in [9.17, 15) is 24.3 Å². The summed E-state index contributed by atoms with van der Waals surface area (Å²) in [6.45, 7) is 0.110. The van der Waals surface area contributed by atoms with Crippen LogP contribution in [0.2, 0.25) is 0 Å². The number of aromatic nitrogens is 1. The van der Waals surface area contributed by atoms with Crippen molar-refractivity contribution in [1.29, 1.82) is 0 Å². The third-order valence-electron chi connectivity index (χ3n) is 5.31. The fourth-order valence-electron chi connectivity index (χ4n) is 3.47. The molecule has 2 aromatic rings. The highest BCUT2D eigenvalue weighted by Crippen LogP contribution is 2.19. The van der Waals surface area contributed by atoms with Gasteiger partial charge in [-0.1, -0.05) is 18.2 Å². The lowest BCUT2D eigenvalue weighted by atomic mass is 10.0. The number of para-hydroxylation sites is 1. The summed E-state index contributed by atoms with van der Waals surface area (Å²) in [6.07, 6.45) is 3.27. The number of fused-ring (bicyclic) bond motifs is 1. The predicted octanol–water partition coefficient (Wildman–Crippen LogP) is -0.733. The molecule has 9 N–H and O–H groups in total. The van der Waals surface area contributed by atoms with Crippen LogP contribution in [0.25, 0.3) is 10.9 Å². The summed E-state index contributed by atoms with van der Waals surface area (Å²) in [6, 6.07) is 4.29. The first kappa shape index (κ1) is 27.2. The number of nitrogens with one attached hydrogen (secondary N) is 4. The van der Waals surface area contributed by atoms with Crippen LogP contribution in [0, 0.1) is 0 Å². The molecule has 0 radical (unpaired) electrons. The number of amides is 3. The van der Waals surface area contributed by atoms with Gasteiger partial charge >= 0.3 is 5.97 Å². The fourth-order valence-corrected chi connectivity index (χ4v) is 3.73. The largest absolute Gasteiger partial charge is 0.480 e.